The van der Waals surface area contributed by atoms with Crippen LogP contribution < -0.4 is 5.73 Å². The molecule has 0 bridgehead atoms. The summed E-state index contributed by atoms with van der Waals surface area (Å²) in [4.78, 5) is 2.14. The van der Waals surface area contributed by atoms with Crippen LogP contribution in [0.5, 0.6) is 0 Å². The summed E-state index contributed by atoms with van der Waals surface area (Å²) < 4.78 is 0. The normalized spacial score (nSPS) is 22.8. The van der Waals surface area contributed by atoms with Crippen LogP contribution in [0, 0.1) is 59.2 Å². The molecular weight excluding hydrogens is 362 g/mol. The van der Waals surface area contributed by atoms with Crippen LogP contribution in [0.2, 0.25) is 0 Å². The van der Waals surface area contributed by atoms with Crippen molar-refractivity contribution < 1.29 is 5.11 Å². The lowest BCUT2D eigenvalue weighted by Gasteiger charge is -2.45. The summed E-state index contributed by atoms with van der Waals surface area (Å²) in [5, 5.41) is 37.3. The lowest BCUT2D eigenvalue weighted by molar-refractivity contribution is 0.237. The van der Waals surface area contributed by atoms with Crippen molar-refractivity contribution in [1.29, 1.82) is 15.8 Å². The monoisotopic (exact) mass is 389 g/mol. The van der Waals surface area contributed by atoms with Crippen molar-refractivity contribution in [1.82, 2.24) is 4.90 Å². The highest BCUT2D eigenvalue weighted by Gasteiger charge is 2.54. The number of hydrogen-bond acceptors (Lipinski definition) is 6. The van der Waals surface area contributed by atoms with E-state index in [1.54, 1.807) is 6.92 Å². The zero-order valence-corrected chi connectivity index (χ0v) is 17.4. The molecule has 0 aromatic heterocycles. The van der Waals surface area contributed by atoms with Gasteiger partial charge in [-0.2, -0.15) is 15.8 Å². The van der Waals surface area contributed by atoms with Crippen molar-refractivity contribution in [3.63, 3.8) is 0 Å². The lowest BCUT2D eigenvalue weighted by Crippen LogP contribution is -2.47. The highest BCUT2D eigenvalue weighted by atomic mass is 16.2. The minimum absolute atomic E-state index is 0.0852. The van der Waals surface area contributed by atoms with Gasteiger partial charge in [-0.15, -0.1) is 0 Å². The summed E-state index contributed by atoms with van der Waals surface area (Å²) in [6.07, 6.45) is 2.01. The Balaban J connectivity index is 0.000000941. The molecule has 3 rings (SSSR count). The van der Waals surface area contributed by atoms with Crippen LogP contribution in [0.4, 0.5) is 0 Å². The van der Waals surface area contributed by atoms with Crippen molar-refractivity contribution in [3.8, 4) is 18.2 Å². The fourth-order valence-electron chi connectivity index (χ4n) is 4.34. The van der Waals surface area contributed by atoms with Gasteiger partial charge in [0.2, 0.25) is 0 Å². The number of rotatable bonds is 1. The lowest BCUT2D eigenvalue weighted by atomic mass is 9.57. The summed E-state index contributed by atoms with van der Waals surface area (Å²) >= 11 is 0. The van der Waals surface area contributed by atoms with Gasteiger partial charge in [-0.3, -0.25) is 0 Å². The van der Waals surface area contributed by atoms with Crippen molar-refractivity contribution in [3.05, 3.63) is 57.8 Å². The summed E-state index contributed by atoms with van der Waals surface area (Å²) in [5.74, 6) is -0.541. The standard InChI is InChI=1S/C21H21N5.C2H6O/c1-13-4-5-15(14(2)8-13)19-18-10-26(3)7-6-16(18)17(9-22)20(25)21(19,11-23)12-24;1-2-3/h4-6,8,18-19H,7,10,25H2,1-3H3;3H,2H2,1H3. The highest BCUT2D eigenvalue weighted by molar-refractivity contribution is 5.60. The Morgan fingerprint density at radius 2 is 1.86 bits per heavy atom. The number of nitrogens with two attached hydrogens (primary N) is 1. The zero-order chi connectivity index (χ0) is 21.8. The molecule has 0 amide bonds. The van der Waals surface area contributed by atoms with E-state index in [1.807, 2.05) is 39.1 Å². The zero-order valence-electron chi connectivity index (χ0n) is 17.4. The molecule has 0 saturated carbocycles. The summed E-state index contributed by atoms with van der Waals surface area (Å²) in [5.41, 5.74) is 9.11. The number of nitriles is 3. The molecule has 1 aliphatic heterocycles. The Kier molecular flexibility index (Phi) is 6.83. The van der Waals surface area contributed by atoms with E-state index in [0.717, 1.165) is 28.8 Å². The second kappa shape index (κ2) is 8.93. The Morgan fingerprint density at radius 1 is 1.24 bits per heavy atom. The maximum atomic E-state index is 10.0. The van der Waals surface area contributed by atoms with Gasteiger partial charge in [0.15, 0.2) is 5.41 Å². The van der Waals surface area contributed by atoms with E-state index in [4.69, 9.17) is 10.8 Å². The Labute approximate surface area is 172 Å². The minimum atomic E-state index is -1.55. The number of allylic oxidation sites excluding steroid dienone is 2. The van der Waals surface area contributed by atoms with Gasteiger partial charge in [-0.05, 0) is 44.5 Å². The largest absolute Gasteiger partial charge is 0.399 e. The average molecular weight is 390 g/mol. The van der Waals surface area contributed by atoms with Crippen LogP contribution in [0.1, 0.15) is 29.5 Å². The Morgan fingerprint density at radius 3 is 2.38 bits per heavy atom. The van der Waals surface area contributed by atoms with E-state index in [0.29, 0.717) is 12.1 Å². The third-order valence-corrected chi connectivity index (χ3v) is 5.61. The first kappa shape index (κ1) is 22.2. The van der Waals surface area contributed by atoms with Crippen LogP contribution in [-0.4, -0.2) is 36.8 Å². The van der Waals surface area contributed by atoms with Crippen molar-refractivity contribution in [2.45, 2.75) is 26.7 Å². The number of fused-ring (bicyclic) bond motifs is 1. The van der Waals surface area contributed by atoms with E-state index in [-0.39, 0.29) is 18.2 Å². The van der Waals surface area contributed by atoms with Crippen LogP contribution >= 0.6 is 0 Å². The molecule has 1 aromatic carbocycles. The minimum Gasteiger partial charge on any atom is -0.399 e. The van der Waals surface area contributed by atoms with Gasteiger partial charge in [0.05, 0.1) is 23.4 Å². The van der Waals surface area contributed by atoms with E-state index >= 15 is 0 Å². The number of aliphatic hydroxyl groups excluding tert-OH is 1. The van der Waals surface area contributed by atoms with Gasteiger partial charge < -0.3 is 15.7 Å². The van der Waals surface area contributed by atoms with Crippen LogP contribution in [0.25, 0.3) is 0 Å². The summed E-state index contributed by atoms with van der Waals surface area (Å²) in [7, 11) is 2.00. The molecule has 1 aromatic rings. The van der Waals surface area contributed by atoms with Crippen LogP contribution in [-0.2, 0) is 0 Å². The topological polar surface area (TPSA) is 121 Å². The number of aliphatic hydroxyl groups is 1. The SMILES string of the molecule is CCO.Cc1ccc(C2C3CN(C)CC=C3C(C#N)=C(N)C2(C#N)C#N)c(C)c1. The predicted octanol–water partition coefficient (Wildman–Crippen LogP) is 2.66. The Bertz CT molecular complexity index is 956. The molecule has 1 aliphatic carbocycles. The number of nitrogens with zero attached hydrogens (tertiary/aromatic N) is 4. The van der Waals surface area contributed by atoms with Crippen molar-refractivity contribution >= 4 is 0 Å². The molecule has 29 heavy (non-hydrogen) atoms. The summed E-state index contributed by atoms with van der Waals surface area (Å²) in [6, 6.07) is 12.6. The third kappa shape index (κ3) is 3.76. The molecule has 0 radical (unpaired) electrons. The van der Waals surface area contributed by atoms with Crippen LogP contribution in [0.15, 0.2) is 41.1 Å². The average Bonchev–Trinajstić information content (AvgIpc) is 2.69. The van der Waals surface area contributed by atoms with Gasteiger partial charge in [0.25, 0.3) is 0 Å². The maximum Gasteiger partial charge on any atom is 0.191 e. The van der Waals surface area contributed by atoms with E-state index in [9.17, 15) is 15.8 Å². The molecule has 0 spiro atoms. The highest BCUT2D eigenvalue weighted by Crippen LogP contribution is 2.54. The fraction of sp³-hybridized carbons (Fsp3) is 0.435. The molecule has 0 saturated heterocycles. The molecule has 6 heteroatoms. The van der Waals surface area contributed by atoms with Gasteiger partial charge in [-0.1, -0.05) is 29.8 Å². The second-order valence-corrected chi connectivity index (χ2v) is 7.57. The number of hydrogen-bond donors (Lipinski definition) is 2. The second-order valence-electron chi connectivity index (χ2n) is 7.57. The molecule has 3 N–H and O–H groups in total. The first-order chi connectivity index (χ1) is 13.8. The van der Waals surface area contributed by atoms with Crippen molar-refractivity contribution in [2.24, 2.45) is 17.1 Å². The first-order valence-electron chi connectivity index (χ1n) is 9.61. The Hall–Kier alpha value is -3.11. The van der Waals surface area contributed by atoms with Gasteiger partial charge in [0.1, 0.15) is 6.07 Å². The van der Waals surface area contributed by atoms with Gasteiger partial charge >= 0.3 is 0 Å². The smallest absolute Gasteiger partial charge is 0.191 e. The first-order valence-corrected chi connectivity index (χ1v) is 9.61. The van der Waals surface area contributed by atoms with E-state index in [2.05, 4.69) is 29.2 Å². The maximum absolute atomic E-state index is 10.0. The predicted molar refractivity (Wildman–Crippen MR) is 111 cm³/mol. The van der Waals surface area contributed by atoms with E-state index < -0.39 is 11.3 Å². The quantitative estimate of drug-likeness (QED) is 0.762. The number of benzene rings is 1. The summed E-state index contributed by atoms with van der Waals surface area (Å²) in [6.45, 7) is 7.34. The number of likely N-dealkylation sites (N-methyl/N-ethyl adjacent to an activating group) is 1. The molecule has 2 atom stereocenters. The molecule has 1 heterocycles. The molecule has 2 unspecified atom stereocenters. The fourth-order valence-corrected chi connectivity index (χ4v) is 4.34. The van der Waals surface area contributed by atoms with Gasteiger partial charge in [-0.25, -0.2) is 0 Å². The van der Waals surface area contributed by atoms with Crippen molar-refractivity contribution in [2.75, 3.05) is 26.7 Å². The molecule has 2 aliphatic rings. The molecule has 6 nitrogen and oxygen atoms in total. The third-order valence-electron chi connectivity index (χ3n) is 5.61. The van der Waals surface area contributed by atoms with E-state index in [1.165, 1.54) is 0 Å². The molecule has 0 fully saturated rings. The number of aryl methyl sites for hydroxylation is 2. The molecule has 150 valence electrons. The molecular formula is C23H27N5O. The van der Waals surface area contributed by atoms with Crippen LogP contribution in [0.3, 0.4) is 0 Å². The van der Waals surface area contributed by atoms with Gasteiger partial charge in [0, 0.05) is 31.5 Å².